The molecular formula is C17H30N2O2. The van der Waals surface area contributed by atoms with Crippen LogP contribution in [-0.2, 0) is 9.53 Å². The number of ether oxygens (including phenoxy) is 1. The summed E-state index contributed by atoms with van der Waals surface area (Å²) in [6.45, 7) is 9.32. The number of carbonyl (C=O) groups is 1. The molecule has 120 valence electrons. The molecule has 1 unspecified atom stereocenters. The van der Waals surface area contributed by atoms with Gasteiger partial charge in [0.2, 0.25) is 5.91 Å². The quantitative estimate of drug-likeness (QED) is 0.869. The van der Waals surface area contributed by atoms with Crippen LogP contribution < -0.4 is 5.32 Å². The minimum atomic E-state index is -0.240. The van der Waals surface area contributed by atoms with Crippen molar-refractivity contribution in [3.8, 4) is 0 Å². The monoisotopic (exact) mass is 294 g/mol. The Hall–Kier alpha value is -0.610. The molecule has 3 aliphatic rings. The van der Waals surface area contributed by atoms with Gasteiger partial charge in [0.05, 0.1) is 11.7 Å². The predicted molar refractivity (Wildman–Crippen MR) is 82.8 cm³/mol. The summed E-state index contributed by atoms with van der Waals surface area (Å²) in [5.74, 6) is 0.823. The standard InChI is InChI=1S/C17H30N2O2/c1-13(2)14-18-17(6-4-5-7-17)15(20)19(14)12-16(3)8-10-21-11-9-16/h13-14,18H,4-12H2,1-3H3. The molecule has 0 radical (unpaired) electrons. The third-order valence-corrected chi connectivity index (χ3v) is 5.77. The molecule has 1 saturated carbocycles. The van der Waals surface area contributed by atoms with Crippen LogP contribution in [0.4, 0.5) is 0 Å². The fraction of sp³-hybridized carbons (Fsp3) is 0.941. The molecular weight excluding hydrogens is 264 g/mol. The van der Waals surface area contributed by atoms with Gasteiger partial charge in [0.15, 0.2) is 0 Å². The molecule has 1 spiro atoms. The maximum Gasteiger partial charge on any atom is 0.244 e. The van der Waals surface area contributed by atoms with Gasteiger partial charge in [-0.1, -0.05) is 33.6 Å². The van der Waals surface area contributed by atoms with Crippen LogP contribution >= 0.6 is 0 Å². The van der Waals surface area contributed by atoms with E-state index in [0.717, 1.165) is 45.4 Å². The van der Waals surface area contributed by atoms with Crippen LogP contribution in [0.2, 0.25) is 0 Å². The molecule has 3 rings (SSSR count). The lowest BCUT2D eigenvalue weighted by atomic mass is 9.81. The number of amides is 1. The first-order valence-corrected chi connectivity index (χ1v) is 8.62. The highest BCUT2D eigenvalue weighted by molar-refractivity contribution is 5.89. The Balaban J connectivity index is 1.79. The Morgan fingerprint density at radius 2 is 1.86 bits per heavy atom. The second kappa shape index (κ2) is 5.54. The lowest BCUT2D eigenvalue weighted by Gasteiger charge is -2.39. The molecule has 1 atom stereocenters. The molecule has 2 heterocycles. The molecule has 4 nitrogen and oxygen atoms in total. The van der Waals surface area contributed by atoms with Crippen molar-refractivity contribution in [1.29, 1.82) is 0 Å². The van der Waals surface area contributed by atoms with Gasteiger partial charge >= 0.3 is 0 Å². The molecule has 2 aliphatic heterocycles. The van der Waals surface area contributed by atoms with E-state index < -0.39 is 0 Å². The van der Waals surface area contributed by atoms with Gasteiger partial charge in [-0.25, -0.2) is 0 Å². The van der Waals surface area contributed by atoms with Crippen molar-refractivity contribution in [2.24, 2.45) is 11.3 Å². The topological polar surface area (TPSA) is 41.6 Å². The summed E-state index contributed by atoms with van der Waals surface area (Å²) in [6.07, 6.45) is 6.74. The molecule has 0 bridgehead atoms. The van der Waals surface area contributed by atoms with Gasteiger partial charge in [0, 0.05) is 19.8 Å². The van der Waals surface area contributed by atoms with Crippen LogP contribution in [0.5, 0.6) is 0 Å². The van der Waals surface area contributed by atoms with Crippen LogP contribution in [0.3, 0.4) is 0 Å². The zero-order valence-corrected chi connectivity index (χ0v) is 13.8. The van der Waals surface area contributed by atoms with Crippen molar-refractivity contribution in [2.75, 3.05) is 19.8 Å². The minimum absolute atomic E-state index is 0.204. The van der Waals surface area contributed by atoms with E-state index in [1.165, 1.54) is 12.8 Å². The zero-order chi connectivity index (χ0) is 15.1. The average Bonchev–Trinajstić information content (AvgIpc) is 3.01. The lowest BCUT2D eigenvalue weighted by Crippen LogP contribution is -2.47. The van der Waals surface area contributed by atoms with Gasteiger partial charge in [0.1, 0.15) is 0 Å². The highest BCUT2D eigenvalue weighted by Crippen LogP contribution is 2.40. The first kappa shape index (κ1) is 15.3. The zero-order valence-electron chi connectivity index (χ0n) is 13.8. The van der Waals surface area contributed by atoms with E-state index in [1.54, 1.807) is 0 Å². The largest absolute Gasteiger partial charge is 0.381 e. The maximum absolute atomic E-state index is 13.1. The summed E-state index contributed by atoms with van der Waals surface area (Å²) in [7, 11) is 0. The number of hydrogen-bond donors (Lipinski definition) is 1. The highest BCUT2D eigenvalue weighted by Gasteiger charge is 2.53. The van der Waals surface area contributed by atoms with Gasteiger partial charge in [-0.15, -0.1) is 0 Å². The van der Waals surface area contributed by atoms with Crippen molar-refractivity contribution in [3.05, 3.63) is 0 Å². The second-order valence-corrected chi connectivity index (χ2v) is 7.98. The minimum Gasteiger partial charge on any atom is -0.381 e. The van der Waals surface area contributed by atoms with Crippen LogP contribution in [0.1, 0.15) is 59.3 Å². The summed E-state index contributed by atoms with van der Waals surface area (Å²) in [5, 5.41) is 3.72. The van der Waals surface area contributed by atoms with Crippen LogP contribution in [0, 0.1) is 11.3 Å². The predicted octanol–water partition coefficient (Wildman–Crippen LogP) is 2.53. The van der Waals surface area contributed by atoms with E-state index in [9.17, 15) is 4.79 Å². The average molecular weight is 294 g/mol. The van der Waals surface area contributed by atoms with E-state index in [4.69, 9.17) is 4.74 Å². The normalized spacial score (nSPS) is 31.5. The summed E-state index contributed by atoms with van der Waals surface area (Å²) in [4.78, 5) is 15.3. The number of carbonyl (C=O) groups excluding carboxylic acids is 1. The van der Waals surface area contributed by atoms with Gasteiger partial charge in [0.25, 0.3) is 0 Å². The summed E-state index contributed by atoms with van der Waals surface area (Å²) in [5.41, 5.74) is -0.0245. The van der Waals surface area contributed by atoms with E-state index in [1.807, 2.05) is 0 Å². The van der Waals surface area contributed by atoms with Crippen molar-refractivity contribution in [1.82, 2.24) is 10.2 Å². The Bertz CT molecular complexity index is 396. The van der Waals surface area contributed by atoms with E-state index in [2.05, 4.69) is 31.0 Å². The molecule has 4 heteroatoms. The number of rotatable bonds is 3. The van der Waals surface area contributed by atoms with Crippen LogP contribution in [0.25, 0.3) is 0 Å². The van der Waals surface area contributed by atoms with Gasteiger partial charge in [-0.3, -0.25) is 10.1 Å². The smallest absolute Gasteiger partial charge is 0.244 e. The van der Waals surface area contributed by atoms with Crippen molar-refractivity contribution in [3.63, 3.8) is 0 Å². The van der Waals surface area contributed by atoms with Crippen molar-refractivity contribution >= 4 is 5.91 Å². The summed E-state index contributed by atoms with van der Waals surface area (Å²) >= 11 is 0. The first-order valence-electron chi connectivity index (χ1n) is 8.62. The third-order valence-electron chi connectivity index (χ3n) is 5.77. The number of nitrogens with one attached hydrogen (secondary N) is 1. The molecule has 1 amide bonds. The van der Waals surface area contributed by atoms with Crippen molar-refractivity contribution < 1.29 is 9.53 Å². The number of hydrogen-bond acceptors (Lipinski definition) is 3. The van der Waals surface area contributed by atoms with Gasteiger partial charge in [-0.05, 0) is 37.0 Å². The summed E-state index contributed by atoms with van der Waals surface area (Å²) < 4.78 is 5.50. The maximum atomic E-state index is 13.1. The van der Waals surface area contributed by atoms with Crippen molar-refractivity contribution in [2.45, 2.75) is 71.0 Å². The molecule has 3 fully saturated rings. The Morgan fingerprint density at radius 1 is 1.24 bits per heavy atom. The van der Waals surface area contributed by atoms with Crippen LogP contribution in [0.15, 0.2) is 0 Å². The molecule has 1 aliphatic carbocycles. The molecule has 2 saturated heterocycles. The molecule has 0 aromatic rings. The molecule has 0 aromatic heterocycles. The molecule has 0 aromatic carbocycles. The van der Waals surface area contributed by atoms with Gasteiger partial charge in [-0.2, -0.15) is 0 Å². The third kappa shape index (κ3) is 2.72. The lowest BCUT2D eigenvalue weighted by molar-refractivity contribution is -0.136. The Kier molecular flexibility index (Phi) is 4.04. The fourth-order valence-corrected chi connectivity index (χ4v) is 4.29. The molecule has 1 N–H and O–H groups in total. The number of nitrogens with zero attached hydrogens (tertiary/aromatic N) is 1. The van der Waals surface area contributed by atoms with Gasteiger partial charge < -0.3 is 9.64 Å². The second-order valence-electron chi connectivity index (χ2n) is 7.98. The highest BCUT2D eigenvalue weighted by atomic mass is 16.5. The summed E-state index contributed by atoms with van der Waals surface area (Å²) in [6, 6.07) is 0. The fourth-order valence-electron chi connectivity index (χ4n) is 4.29. The molecule has 21 heavy (non-hydrogen) atoms. The van der Waals surface area contributed by atoms with E-state index in [-0.39, 0.29) is 17.1 Å². The Labute approximate surface area is 128 Å². The first-order chi connectivity index (χ1) is 9.96. The van der Waals surface area contributed by atoms with E-state index in [0.29, 0.717) is 11.8 Å². The van der Waals surface area contributed by atoms with Crippen LogP contribution in [-0.4, -0.2) is 42.3 Å². The Morgan fingerprint density at radius 3 is 2.43 bits per heavy atom. The van der Waals surface area contributed by atoms with E-state index >= 15 is 0 Å². The SMILES string of the molecule is CC(C)C1NC2(CCCC2)C(=O)N1CC1(C)CCOCC1.